The van der Waals surface area contributed by atoms with Crippen LogP contribution >= 0.6 is 0 Å². The van der Waals surface area contributed by atoms with Gasteiger partial charge in [0, 0.05) is 26.1 Å². The van der Waals surface area contributed by atoms with Crippen LogP contribution in [0.15, 0.2) is 0 Å². The summed E-state index contributed by atoms with van der Waals surface area (Å²) in [5.41, 5.74) is 0. The van der Waals surface area contributed by atoms with E-state index in [0.717, 1.165) is 12.8 Å². The molecular formula is C10H20N2O3S. The first-order chi connectivity index (χ1) is 7.45. The van der Waals surface area contributed by atoms with Crippen molar-refractivity contribution >= 4 is 15.9 Å². The fourth-order valence-electron chi connectivity index (χ4n) is 1.99. The molecule has 0 aromatic rings. The minimum Gasteiger partial charge on any atom is -0.352 e. The van der Waals surface area contributed by atoms with E-state index in [-0.39, 0.29) is 17.7 Å². The SMILES string of the molecule is CCCS(=O)(=O)N1CCCC(NC(C)=O)C1. The highest BCUT2D eigenvalue weighted by Gasteiger charge is 2.28. The molecule has 0 radical (unpaired) electrons. The van der Waals surface area contributed by atoms with Crippen molar-refractivity contribution < 1.29 is 13.2 Å². The first-order valence-electron chi connectivity index (χ1n) is 5.70. The van der Waals surface area contributed by atoms with Gasteiger partial charge in [-0.2, -0.15) is 4.31 Å². The second-order valence-corrected chi connectivity index (χ2v) is 6.30. The molecule has 1 aliphatic heterocycles. The molecule has 1 amide bonds. The standard InChI is InChI=1S/C10H20N2O3S/c1-3-7-16(14,15)12-6-4-5-10(8-12)11-9(2)13/h10H,3-8H2,1-2H3,(H,11,13). The molecule has 5 nitrogen and oxygen atoms in total. The summed E-state index contributed by atoms with van der Waals surface area (Å²) in [6.07, 6.45) is 2.30. The van der Waals surface area contributed by atoms with Gasteiger partial charge in [-0.25, -0.2) is 8.42 Å². The third-order valence-electron chi connectivity index (χ3n) is 2.65. The summed E-state index contributed by atoms with van der Waals surface area (Å²) in [6.45, 7) is 4.31. The van der Waals surface area contributed by atoms with E-state index in [9.17, 15) is 13.2 Å². The maximum absolute atomic E-state index is 11.8. The van der Waals surface area contributed by atoms with Crippen LogP contribution in [0.3, 0.4) is 0 Å². The smallest absolute Gasteiger partial charge is 0.217 e. The van der Waals surface area contributed by atoms with Crippen molar-refractivity contribution in [2.75, 3.05) is 18.8 Å². The zero-order valence-electron chi connectivity index (χ0n) is 9.90. The number of carbonyl (C=O) groups excluding carboxylic acids is 1. The van der Waals surface area contributed by atoms with Gasteiger partial charge >= 0.3 is 0 Å². The number of rotatable bonds is 4. The van der Waals surface area contributed by atoms with Crippen molar-refractivity contribution in [2.24, 2.45) is 0 Å². The Morgan fingerprint density at radius 3 is 2.75 bits per heavy atom. The van der Waals surface area contributed by atoms with Crippen molar-refractivity contribution in [2.45, 2.75) is 39.2 Å². The highest BCUT2D eigenvalue weighted by molar-refractivity contribution is 7.89. The highest BCUT2D eigenvalue weighted by atomic mass is 32.2. The van der Waals surface area contributed by atoms with Crippen molar-refractivity contribution in [1.82, 2.24) is 9.62 Å². The van der Waals surface area contributed by atoms with Gasteiger partial charge < -0.3 is 5.32 Å². The Morgan fingerprint density at radius 1 is 1.50 bits per heavy atom. The van der Waals surface area contributed by atoms with Crippen LogP contribution in [0.2, 0.25) is 0 Å². The van der Waals surface area contributed by atoms with E-state index in [1.807, 2.05) is 6.92 Å². The predicted molar refractivity (Wildman–Crippen MR) is 62.5 cm³/mol. The molecule has 0 spiro atoms. The van der Waals surface area contributed by atoms with E-state index in [2.05, 4.69) is 5.32 Å². The van der Waals surface area contributed by atoms with Crippen LogP contribution in [0.25, 0.3) is 0 Å². The number of piperidine rings is 1. The quantitative estimate of drug-likeness (QED) is 0.779. The van der Waals surface area contributed by atoms with Gasteiger partial charge in [0.1, 0.15) is 0 Å². The van der Waals surface area contributed by atoms with Crippen molar-refractivity contribution in [3.8, 4) is 0 Å². The third-order valence-corrected chi connectivity index (χ3v) is 4.69. The Balaban J connectivity index is 2.59. The second kappa shape index (κ2) is 5.63. The van der Waals surface area contributed by atoms with Crippen LogP contribution in [0.1, 0.15) is 33.1 Å². The summed E-state index contributed by atoms with van der Waals surface area (Å²) in [5.74, 6) is 0.0968. The van der Waals surface area contributed by atoms with Crippen molar-refractivity contribution in [1.29, 1.82) is 0 Å². The van der Waals surface area contributed by atoms with Gasteiger partial charge in [0.15, 0.2) is 0 Å². The van der Waals surface area contributed by atoms with E-state index >= 15 is 0 Å². The molecule has 0 bridgehead atoms. The van der Waals surface area contributed by atoms with Crippen LogP contribution in [0, 0.1) is 0 Å². The maximum Gasteiger partial charge on any atom is 0.217 e. The average molecular weight is 248 g/mol. The summed E-state index contributed by atoms with van der Waals surface area (Å²) >= 11 is 0. The molecule has 0 aromatic heterocycles. The van der Waals surface area contributed by atoms with Crippen LogP contribution in [0.5, 0.6) is 0 Å². The number of sulfonamides is 1. The average Bonchev–Trinajstić information content (AvgIpc) is 2.17. The molecule has 1 heterocycles. The van der Waals surface area contributed by atoms with Gasteiger partial charge in [-0.15, -0.1) is 0 Å². The second-order valence-electron chi connectivity index (χ2n) is 4.21. The molecule has 6 heteroatoms. The van der Waals surface area contributed by atoms with Gasteiger partial charge in [-0.3, -0.25) is 4.79 Å². The molecule has 1 aliphatic rings. The number of nitrogens with zero attached hydrogens (tertiary/aromatic N) is 1. The molecule has 1 atom stereocenters. The van der Waals surface area contributed by atoms with Crippen molar-refractivity contribution in [3.05, 3.63) is 0 Å². The number of hydrogen-bond donors (Lipinski definition) is 1. The molecule has 1 fully saturated rings. The largest absolute Gasteiger partial charge is 0.352 e. The lowest BCUT2D eigenvalue weighted by Gasteiger charge is -2.32. The Bertz CT molecular complexity index is 340. The summed E-state index contributed by atoms with van der Waals surface area (Å²) in [5, 5.41) is 2.78. The normalized spacial score (nSPS) is 23.0. The lowest BCUT2D eigenvalue weighted by molar-refractivity contribution is -0.119. The monoisotopic (exact) mass is 248 g/mol. The van der Waals surface area contributed by atoms with Crippen LogP contribution < -0.4 is 5.32 Å². The van der Waals surface area contributed by atoms with Crippen LogP contribution in [-0.4, -0.2) is 43.5 Å². The fourth-order valence-corrected chi connectivity index (χ4v) is 3.58. The minimum atomic E-state index is -3.12. The zero-order chi connectivity index (χ0) is 12.2. The van der Waals surface area contributed by atoms with E-state index < -0.39 is 10.0 Å². The summed E-state index contributed by atoms with van der Waals surface area (Å²) in [6, 6.07) is -0.0297. The Hall–Kier alpha value is -0.620. The van der Waals surface area contributed by atoms with Gasteiger partial charge in [-0.05, 0) is 19.3 Å². The van der Waals surface area contributed by atoms with E-state index in [4.69, 9.17) is 0 Å². The van der Waals surface area contributed by atoms with E-state index in [1.54, 1.807) is 0 Å². The molecule has 0 aromatic carbocycles. The van der Waals surface area contributed by atoms with Crippen molar-refractivity contribution in [3.63, 3.8) is 0 Å². The number of hydrogen-bond acceptors (Lipinski definition) is 3. The fraction of sp³-hybridized carbons (Fsp3) is 0.900. The molecule has 1 N–H and O–H groups in total. The lowest BCUT2D eigenvalue weighted by Crippen LogP contribution is -2.49. The first kappa shape index (κ1) is 13.4. The van der Waals surface area contributed by atoms with Crippen LogP contribution in [-0.2, 0) is 14.8 Å². The topological polar surface area (TPSA) is 66.5 Å². The van der Waals surface area contributed by atoms with Gasteiger partial charge in [0.05, 0.1) is 5.75 Å². The summed E-state index contributed by atoms with van der Waals surface area (Å²) < 4.78 is 25.2. The third kappa shape index (κ3) is 3.75. The Morgan fingerprint density at radius 2 is 2.19 bits per heavy atom. The Labute approximate surface area is 97.2 Å². The molecule has 0 saturated carbocycles. The Kier molecular flexibility index (Phi) is 4.73. The lowest BCUT2D eigenvalue weighted by atomic mass is 10.1. The number of amides is 1. The predicted octanol–water partition coefficient (Wildman–Crippen LogP) is 0.327. The number of nitrogens with one attached hydrogen (secondary N) is 1. The molecule has 1 saturated heterocycles. The molecule has 94 valence electrons. The van der Waals surface area contributed by atoms with E-state index in [1.165, 1.54) is 11.2 Å². The van der Waals surface area contributed by atoms with Crippen LogP contribution in [0.4, 0.5) is 0 Å². The molecule has 1 rings (SSSR count). The zero-order valence-corrected chi connectivity index (χ0v) is 10.7. The first-order valence-corrected chi connectivity index (χ1v) is 7.31. The van der Waals surface area contributed by atoms with Gasteiger partial charge in [0.25, 0.3) is 0 Å². The highest BCUT2D eigenvalue weighted by Crippen LogP contribution is 2.14. The molecule has 16 heavy (non-hydrogen) atoms. The molecular weight excluding hydrogens is 228 g/mol. The van der Waals surface area contributed by atoms with Gasteiger partial charge in [0.2, 0.25) is 15.9 Å². The molecule has 1 unspecified atom stereocenters. The molecule has 0 aliphatic carbocycles. The minimum absolute atomic E-state index is 0.0297. The maximum atomic E-state index is 11.8. The summed E-state index contributed by atoms with van der Waals surface area (Å²) in [7, 11) is -3.12. The van der Waals surface area contributed by atoms with Gasteiger partial charge in [-0.1, -0.05) is 6.92 Å². The summed E-state index contributed by atoms with van der Waals surface area (Å²) in [4.78, 5) is 10.9. The van der Waals surface area contributed by atoms with E-state index in [0.29, 0.717) is 19.5 Å². The number of carbonyl (C=O) groups is 1.